The van der Waals surface area contributed by atoms with Crippen LogP contribution >= 0.6 is 22.9 Å². The average Bonchev–Trinajstić information content (AvgIpc) is 2.85. The van der Waals surface area contributed by atoms with Crippen molar-refractivity contribution in [3.8, 4) is 6.07 Å². The molecule has 86 valence electrons. The van der Waals surface area contributed by atoms with E-state index in [2.05, 4.69) is 16.4 Å². The molecule has 2 rings (SSSR count). The normalized spacial score (nSPS) is 11.8. The third kappa shape index (κ3) is 2.76. The zero-order valence-electron chi connectivity index (χ0n) is 9.14. The van der Waals surface area contributed by atoms with E-state index in [1.807, 2.05) is 18.4 Å². The van der Waals surface area contributed by atoms with E-state index < -0.39 is 0 Å². The molecule has 1 aromatic carbocycles. The zero-order chi connectivity index (χ0) is 12.3. The van der Waals surface area contributed by atoms with Crippen LogP contribution < -0.4 is 5.32 Å². The minimum absolute atomic E-state index is 0.0725. The minimum atomic E-state index is 0.0725. The highest BCUT2D eigenvalue weighted by atomic mass is 35.5. The standard InChI is InChI=1S/C12H10ClN3S/c1-8(12-15-4-5-17-12)16-11-3-2-10(13)6-9(11)7-14/h2-6,8,16H,1H3. The Morgan fingerprint density at radius 2 is 2.35 bits per heavy atom. The molecule has 1 unspecified atom stereocenters. The highest BCUT2D eigenvalue weighted by Gasteiger charge is 2.10. The quantitative estimate of drug-likeness (QED) is 0.915. The number of anilines is 1. The third-order valence-corrected chi connectivity index (χ3v) is 3.49. The van der Waals surface area contributed by atoms with Crippen LogP contribution in [-0.2, 0) is 0 Å². The highest BCUT2D eigenvalue weighted by Crippen LogP contribution is 2.25. The van der Waals surface area contributed by atoms with Crippen molar-refractivity contribution in [1.29, 1.82) is 5.26 Å². The SMILES string of the molecule is CC(Nc1ccc(Cl)cc1C#N)c1nccs1. The highest BCUT2D eigenvalue weighted by molar-refractivity contribution is 7.09. The maximum Gasteiger partial charge on any atom is 0.115 e. The molecule has 0 fully saturated rings. The summed E-state index contributed by atoms with van der Waals surface area (Å²) in [5.41, 5.74) is 1.32. The van der Waals surface area contributed by atoms with Gasteiger partial charge in [-0.1, -0.05) is 11.6 Å². The van der Waals surface area contributed by atoms with Crippen molar-refractivity contribution in [2.75, 3.05) is 5.32 Å². The predicted octanol–water partition coefficient (Wildman–Crippen LogP) is 3.84. The van der Waals surface area contributed by atoms with Crippen molar-refractivity contribution in [2.45, 2.75) is 13.0 Å². The number of thiazole rings is 1. The van der Waals surface area contributed by atoms with Crippen molar-refractivity contribution in [1.82, 2.24) is 4.98 Å². The van der Waals surface area contributed by atoms with Gasteiger partial charge in [-0.2, -0.15) is 5.26 Å². The van der Waals surface area contributed by atoms with Crippen LogP contribution in [0.1, 0.15) is 23.5 Å². The Balaban J connectivity index is 2.22. The molecule has 0 aliphatic rings. The summed E-state index contributed by atoms with van der Waals surface area (Å²) in [7, 11) is 0. The van der Waals surface area contributed by atoms with Gasteiger partial charge in [-0.05, 0) is 25.1 Å². The van der Waals surface area contributed by atoms with Gasteiger partial charge in [0.2, 0.25) is 0 Å². The maximum atomic E-state index is 9.02. The summed E-state index contributed by atoms with van der Waals surface area (Å²) in [5, 5.41) is 15.8. The van der Waals surface area contributed by atoms with E-state index in [4.69, 9.17) is 16.9 Å². The predicted molar refractivity (Wildman–Crippen MR) is 70.3 cm³/mol. The summed E-state index contributed by atoms with van der Waals surface area (Å²) in [5.74, 6) is 0. The Hall–Kier alpha value is -1.57. The fourth-order valence-corrected chi connectivity index (χ4v) is 2.30. The Morgan fingerprint density at radius 1 is 1.53 bits per heavy atom. The molecule has 5 heteroatoms. The molecule has 1 heterocycles. The maximum absolute atomic E-state index is 9.02. The molecule has 1 aromatic heterocycles. The van der Waals surface area contributed by atoms with Crippen LogP contribution in [0.25, 0.3) is 0 Å². The molecule has 17 heavy (non-hydrogen) atoms. The van der Waals surface area contributed by atoms with Gasteiger partial charge in [0.15, 0.2) is 0 Å². The third-order valence-electron chi connectivity index (χ3n) is 2.30. The monoisotopic (exact) mass is 263 g/mol. The van der Waals surface area contributed by atoms with Gasteiger partial charge in [0.25, 0.3) is 0 Å². The number of rotatable bonds is 3. The van der Waals surface area contributed by atoms with Crippen molar-refractivity contribution in [3.63, 3.8) is 0 Å². The summed E-state index contributed by atoms with van der Waals surface area (Å²) in [6, 6.07) is 7.42. The summed E-state index contributed by atoms with van der Waals surface area (Å²) in [6.45, 7) is 2.01. The molecule has 1 atom stereocenters. The van der Waals surface area contributed by atoms with E-state index in [-0.39, 0.29) is 6.04 Å². The number of nitrogens with zero attached hydrogens (tertiary/aromatic N) is 2. The molecule has 0 amide bonds. The molecule has 0 saturated carbocycles. The van der Waals surface area contributed by atoms with E-state index in [9.17, 15) is 0 Å². The molecule has 0 bridgehead atoms. The lowest BCUT2D eigenvalue weighted by Crippen LogP contribution is -2.07. The second-order valence-electron chi connectivity index (χ2n) is 3.54. The summed E-state index contributed by atoms with van der Waals surface area (Å²) in [6.07, 6.45) is 1.77. The van der Waals surface area contributed by atoms with Crippen molar-refractivity contribution >= 4 is 28.6 Å². The average molecular weight is 264 g/mol. The fourth-order valence-electron chi connectivity index (χ4n) is 1.48. The van der Waals surface area contributed by atoms with Crippen LogP contribution in [0.15, 0.2) is 29.8 Å². The van der Waals surface area contributed by atoms with Gasteiger partial charge in [-0.3, -0.25) is 0 Å². The van der Waals surface area contributed by atoms with E-state index in [0.29, 0.717) is 10.6 Å². The minimum Gasteiger partial charge on any atom is -0.375 e. The lowest BCUT2D eigenvalue weighted by molar-refractivity contribution is 0.869. The Bertz CT molecular complexity index is 545. The van der Waals surface area contributed by atoms with Crippen molar-refractivity contribution in [2.24, 2.45) is 0 Å². The van der Waals surface area contributed by atoms with Gasteiger partial charge < -0.3 is 5.32 Å². The number of hydrogen-bond acceptors (Lipinski definition) is 4. The van der Waals surface area contributed by atoms with E-state index in [0.717, 1.165) is 10.7 Å². The van der Waals surface area contributed by atoms with Crippen LogP contribution in [0, 0.1) is 11.3 Å². The lowest BCUT2D eigenvalue weighted by atomic mass is 10.2. The van der Waals surface area contributed by atoms with Crippen LogP contribution in [0.2, 0.25) is 5.02 Å². The molecule has 0 aliphatic carbocycles. The van der Waals surface area contributed by atoms with Crippen LogP contribution in [0.3, 0.4) is 0 Å². The van der Waals surface area contributed by atoms with E-state index in [1.165, 1.54) is 0 Å². The number of aromatic nitrogens is 1. The van der Waals surface area contributed by atoms with Crippen LogP contribution in [0.5, 0.6) is 0 Å². The molecule has 0 spiro atoms. The lowest BCUT2D eigenvalue weighted by Gasteiger charge is -2.13. The first-order valence-electron chi connectivity index (χ1n) is 5.06. The summed E-state index contributed by atoms with van der Waals surface area (Å²) in [4.78, 5) is 4.23. The number of benzene rings is 1. The van der Waals surface area contributed by atoms with Crippen LogP contribution in [0.4, 0.5) is 5.69 Å². The zero-order valence-corrected chi connectivity index (χ0v) is 10.7. The number of nitrogens with one attached hydrogen (secondary N) is 1. The van der Waals surface area contributed by atoms with Gasteiger partial charge in [0.05, 0.1) is 17.3 Å². The fraction of sp³-hybridized carbons (Fsp3) is 0.167. The van der Waals surface area contributed by atoms with Gasteiger partial charge in [0.1, 0.15) is 11.1 Å². The van der Waals surface area contributed by atoms with Crippen molar-refractivity contribution in [3.05, 3.63) is 45.4 Å². The summed E-state index contributed by atoms with van der Waals surface area (Å²) < 4.78 is 0. The van der Waals surface area contributed by atoms with Gasteiger partial charge in [-0.15, -0.1) is 11.3 Å². The van der Waals surface area contributed by atoms with E-state index >= 15 is 0 Å². The van der Waals surface area contributed by atoms with Gasteiger partial charge >= 0.3 is 0 Å². The number of halogens is 1. The smallest absolute Gasteiger partial charge is 0.115 e. The molecular weight excluding hydrogens is 254 g/mol. The van der Waals surface area contributed by atoms with Crippen molar-refractivity contribution < 1.29 is 0 Å². The molecule has 0 aliphatic heterocycles. The first-order chi connectivity index (χ1) is 8.20. The van der Waals surface area contributed by atoms with Gasteiger partial charge in [-0.25, -0.2) is 4.98 Å². The van der Waals surface area contributed by atoms with E-state index in [1.54, 1.807) is 29.7 Å². The van der Waals surface area contributed by atoms with Gasteiger partial charge in [0, 0.05) is 16.6 Å². The second-order valence-corrected chi connectivity index (χ2v) is 4.90. The Morgan fingerprint density at radius 3 is 3.00 bits per heavy atom. The van der Waals surface area contributed by atoms with Crippen LogP contribution in [-0.4, -0.2) is 4.98 Å². The Labute approximate surface area is 109 Å². The number of hydrogen-bond donors (Lipinski definition) is 1. The molecule has 3 nitrogen and oxygen atoms in total. The second kappa shape index (κ2) is 5.17. The summed E-state index contributed by atoms with van der Waals surface area (Å²) >= 11 is 7.43. The largest absolute Gasteiger partial charge is 0.375 e. The Kier molecular flexibility index (Phi) is 3.62. The molecule has 1 N–H and O–H groups in total. The first kappa shape index (κ1) is 11.9. The molecule has 2 aromatic rings. The number of nitriles is 1. The topological polar surface area (TPSA) is 48.7 Å². The molecule has 0 saturated heterocycles. The molecular formula is C12H10ClN3S. The molecule has 0 radical (unpaired) electrons. The first-order valence-corrected chi connectivity index (χ1v) is 6.32.